The quantitative estimate of drug-likeness (QED) is 0.697. The van der Waals surface area contributed by atoms with Crippen LogP contribution in [0.1, 0.15) is 28.5 Å². The molecule has 1 aromatic heterocycles. The van der Waals surface area contributed by atoms with E-state index in [1.807, 2.05) is 13.8 Å². The van der Waals surface area contributed by atoms with Crippen molar-refractivity contribution in [1.29, 1.82) is 0 Å². The topological polar surface area (TPSA) is 39.2 Å². The van der Waals surface area contributed by atoms with Crippen molar-refractivity contribution in [3.63, 3.8) is 0 Å². The van der Waals surface area contributed by atoms with Crippen LogP contribution in [0.2, 0.25) is 0 Å². The summed E-state index contributed by atoms with van der Waals surface area (Å²) in [6, 6.07) is 0. The molecule has 0 fully saturated rings. The van der Waals surface area contributed by atoms with Crippen LogP contribution in [0.4, 0.5) is 0 Å². The zero-order chi connectivity index (χ0) is 9.84. The minimum Gasteiger partial charge on any atom is -0.378 e. The second-order valence-corrected chi connectivity index (χ2v) is 4.19. The molecule has 0 aliphatic carbocycles. The van der Waals surface area contributed by atoms with Crippen molar-refractivity contribution in [1.82, 2.24) is 4.98 Å². The van der Waals surface area contributed by atoms with Gasteiger partial charge in [0.1, 0.15) is 5.01 Å². The maximum absolute atomic E-state index is 11.5. The molecule has 1 aromatic rings. The van der Waals surface area contributed by atoms with Gasteiger partial charge in [-0.2, -0.15) is 0 Å². The van der Waals surface area contributed by atoms with Crippen LogP contribution in [0.3, 0.4) is 0 Å². The van der Waals surface area contributed by atoms with Gasteiger partial charge in [-0.15, -0.1) is 11.3 Å². The lowest BCUT2D eigenvalue weighted by Gasteiger charge is -1.98. The van der Waals surface area contributed by atoms with E-state index >= 15 is 0 Å². The van der Waals surface area contributed by atoms with E-state index < -0.39 is 0 Å². The monoisotopic (exact) mass is 199 g/mol. The van der Waals surface area contributed by atoms with Gasteiger partial charge in [-0.05, 0) is 0 Å². The van der Waals surface area contributed by atoms with Gasteiger partial charge in [-0.1, -0.05) is 13.8 Å². The molecule has 0 unspecified atom stereocenters. The summed E-state index contributed by atoms with van der Waals surface area (Å²) in [6.45, 7) is 4.26. The lowest BCUT2D eigenvalue weighted by Crippen LogP contribution is -2.04. The van der Waals surface area contributed by atoms with Gasteiger partial charge in [-0.25, -0.2) is 4.98 Å². The molecule has 4 heteroatoms. The number of hydrogen-bond acceptors (Lipinski definition) is 4. The molecule has 0 N–H and O–H groups in total. The van der Waals surface area contributed by atoms with Gasteiger partial charge in [0, 0.05) is 19.2 Å². The Kier molecular flexibility index (Phi) is 3.57. The zero-order valence-electron chi connectivity index (χ0n) is 8.03. The van der Waals surface area contributed by atoms with E-state index in [4.69, 9.17) is 4.74 Å². The molecule has 0 saturated heterocycles. The number of nitrogens with zero attached hydrogens (tertiary/aromatic N) is 1. The minimum atomic E-state index is 0.0378. The first-order chi connectivity index (χ1) is 6.15. The minimum absolute atomic E-state index is 0.0378. The van der Waals surface area contributed by atoms with Gasteiger partial charge >= 0.3 is 0 Å². The fourth-order valence-corrected chi connectivity index (χ4v) is 1.88. The summed E-state index contributed by atoms with van der Waals surface area (Å²) >= 11 is 1.41. The molecule has 0 aromatic carbocycles. The Morgan fingerprint density at radius 3 is 2.92 bits per heavy atom. The van der Waals surface area contributed by atoms with Gasteiger partial charge in [0.15, 0.2) is 5.78 Å². The summed E-state index contributed by atoms with van der Waals surface area (Å²) in [5.41, 5.74) is 0. The lowest BCUT2D eigenvalue weighted by molar-refractivity contribution is 0.0943. The normalized spacial score (nSPS) is 10.8. The van der Waals surface area contributed by atoms with Crippen LogP contribution in [-0.4, -0.2) is 17.9 Å². The summed E-state index contributed by atoms with van der Waals surface area (Å²) in [5, 5.41) is 0.853. The van der Waals surface area contributed by atoms with Crippen LogP contribution in [0.5, 0.6) is 0 Å². The highest BCUT2D eigenvalue weighted by Gasteiger charge is 2.13. The Morgan fingerprint density at radius 1 is 1.69 bits per heavy atom. The number of hydrogen-bond donors (Lipinski definition) is 0. The smallest absolute Gasteiger partial charge is 0.176 e. The van der Waals surface area contributed by atoms with E-state index in [1.54, 1.807) is 13.3 Å². The van der Waals surface area contributed by atoms with E-state index in [9.17, 15) is 4.79 Å². The number of carbonyl (C=O) groups is 1. The molecule has 0 aliphatic rings. The summed E-state index contributed by atoms with van der Waals surface area (Å²) in [5.74, 6) is 0.190. The predicted octanol–water partition coefficient (Wildman–Crippen LogP) is 2.13. The highest BCUT2D eigenvalue weighted by atomic mass is 32.1. The zero-order valence-corrected chi connectivity index (χ0v) is 8.85. The molecule has 0 saturated carbocycles. The Hall–Kier alpha value is -0.740. The Balaban J connectivity index is 2.73. The number of ketones is 1. The molecule has 0 aliphatic heterocycles. The predicted molar refractivity (Wildman–Crippen MR) is 52.0 cm³/mol. The molecular formula is C9H13NO2S. The second-order valence-electron chi connectivity index (χ2n) is 3.07. The third kappa shape index (κ3) is 2.60. The van der Waals surface area contributed by atoms with Crippen LogP contribution in [0.15, 0.2) is 6.20 Å². The van der Waals surface area contributed by atoms with Gasteiger partial charge < -0.3 is 4.74 Å². The summed E-state index contributed by atoms with van der Waals surface area (Å²) in [6.07, 6.45) is 1.63. The number of aromatic nitrogens is 1. The third-order valence-corrected chi connectivity index (χ3v) is 2.57. The highest BCUT2D eigenvalue weighted by Crippen LogP contribution is 2.17. The largest absolute Gasteiger partial charge is 0.378 e. The van der Waals surface area contributed by atoms with Crippen molar-refractivity contribution in [2.75, 3.05) is 7.11 Å². The van der Waals surface area contributed by atoms with Crippen molar-refractivity contribution in [3.05, 3.63) is 16.1 Å². The molecule has 0 radical (unpaired) electrons. The van der Waals surface area contributed by atoms with Crippen molar-refractivity contribution in [2.45, 2.75) is 20.5 Å². The molecule has 0 spiro atoms. The molecule has 0 amide bonds. The Bertz CT molecular complexity index is 294. The van der Waals surface area contributed by atoms with E-state index in [-0.39, 0.29) is 11.7 Å². The van der Waals surface area contributed by atoms with Crippen molar-refractivity contribution < 1.29 is 9.53 Å². The lowest BCUT2D eigenvalue weighted by atomic mass is 10.1. The molecule has 13 heavy (non-hydrogen) atoms. The fraction of sp³-hybridized carbons (Fsp3) is 0.556. The van der Waals surface area contributed by atoms with E-state index in [1.165, 1.54) is 11.3 Å². The molecule has 72 valence electrons. The van der Waals surface area contributed by atoms with Crippen molar-refractivity contribution in [2.24, 2.45) is 5.92 Å². The first kappa shape index (κ1) is 10.3. The van der Waals surface area contributed by atoms with Gasteiger partial charge in [0.25, 0.3) is 0 Å². The first-order valence-electron chi connectivity index (χ1n) is 4.13. The van der Waals surface area contributed by atoms with Crippen LogP contribution in [-0.2, 0) is 11.3 Å². The number of thiazole rings is 1. The van der Waals surface area contributed by atoms with Crippen molar-refractivity contribution >= 4 is 17.1 Å². The van der Waals surface area contributed by atoms with Crippen LogP contribution < -0.4 is 0 Å². The Labute approximate surface area is 81.8 Å². The fourth-order valence-electron chi connectivity index (χ4n) is 0.899. The number of Topliss-reactive ketones (excluding diaryl/α,β-unsaturated/α-hetero) is 1. The second kappa shape index (κ2) is 4.48. The average molecular weight is 199 g/mol. The van der Waals surface area contributed by atoms with Crippen molar-refractivity contribution in [3.8, 4) is 0 Å². The maximum Gasteiger partial charge on any atom is 0.176 e. The number of ether oxygens (including phenoxy) is 1. The van der Waals surface area contributed by atoms with Crippen LogP contribution in [0, 0.1) is 5.92 Å². The third-order valence-electron chi connectivity index (χ3n) is 1.59. The molecule has 3 nitrogen and oxygen atoms in total. The molecule has 0 atom stereocenters. The van der Waals surface area contributed by atoms with E-state index in [0.717, 1.165) is 9.88 Å². The standard InChI is InChI=1S/C9H13NO2S/c1-6(2)9(11)7-4-10-8(13-7)5-12-3/h4,6H,5H2,1-3H3. The Morgan fingerprint density at radius 2 is 2.38 bits per heavy atom. The average Bonchev–Trinajstić information content (AvgIpc) is 2.52. The summed E-state index contributed by atoms with van der Waals surface area (Å²) < 4.78 is 4.92. The van der Waals surface area contributed by atoms with Crippen LogP contribution in [0.25, 0.3) is 0 Å². The number of methoxy groups -OCH3 is 1. The molecule has 0 bridgehead atoms. The highest BCUT2D eigenvalue weighted by molar-refractivity contribution is 7.13. The maximum atomic E-state index is 11.5. The van der Waals surface area contributed by atoms with E-state index in [0.29, 0.717) is 6.61 Å². The molecule has 1 heterocycles. The summed E-state index contributed by atoms with van der Waals surface area (Å²) in [4.78, 5) is 16.3. The molecule has 1 rings (SSSR count). The van der Waals surface area contributed by atoms with E-state index in [2.05, 4.69) is 4.98 Å². The first-order valence-corrected chi connectivity index (χ1v) is 4.94. The van der Waals surface area contributed by atoms with Crippen LogP contribution >= 0.6 is 11.3 Å². The van der Waals surface area contributed by atoms with Gasteiger partial charge in [0.05, 0.1) is 11.5 Å². The van der Waals surface area contributed by atoms with Gasteiger partial charge in [0.2, 0.25) is 0 Å². The molecular weight excluding hydrogens is 186 g/mol. The number of carbonyl (C=O) groups excluding carboxylic acids is 1. The number of rotatable bonds is 4. The van der Waals surface area contributed by atoms with Gasteiger partial charge in [-0.3, -0.25) is 4.79 Å². The SMILES string of the molecule is COCc1ncc(C(=O)C(C)C)s1. The summed E-state index contributed by atoms with van der Waals surface area (Å²) in [7, 11) is 1.62.